The number of aromatic nitrogens is 3. The lowest BCUT2D eigenvalue weighted by Gasteiger charge is -2.34. The van der Waals surface area contributed by atoms with Crippen LogP contribution in [-0.4, -0.2) is 41.1 Å². The van der Waals surface area contributed by atoms with E-state index in [2.05, 4.69) is 15.0 Å². The van der Waals surface area contributed by atoms with Crippen LogP contribution in [0.4, 0.5) is 0 Å². The minimum Gasteiger partial charge on any atom is -0.508 e. The van der Waals surface area contributed by atoms with Crippen LogP contribution in [0.5, 0.6) is 23.0 Å². The molecule has 252 valence electrons. The van der Waals surface area contributed by atoms with Gasteiger partial charge in [0.1, 0.15) is 28.4 Å². The molecule has 2 aliphatic rings. The van der Waals surface area contributed by atoms with E-state index in [1.807, 2.05) is 103 Å². The molecular weight excluding hydrogens is 649 g/mol. The van der Waals surface area contributed by atoms with Crippen LogP contribution < -0.4 is 10.7 Å². The summed E-state index contributed by atoms with van der Waals surface area (Å²) in [5.74, 6) is 0.481. The molecule has 7 aromatic rings. The van der Waals surface area contributed by atoms with E-state index in [1.165, 1.54) is 0 Å². The summed E-state index contributed by atoms with van der Waals surface area (Å²) in [5.41, 5.74) is 8.22. The first-order valence-electron chi connectivity index (χ1n) is 16.8. The molecule has 0 amide bonds. The van der Waals surface area contributed by atoms with Crippen molar-refractivity contribution in [2.24, 2.45) is 4.99 Å². The minimum absolute atomic E-state index is 0.104. The average molecular weight is 681 g/mol. The first kappa shape index (κ1) is 30.8. The molecule has 0 radical (unpaired) electrons. The summed E-state index contributed by atoms with van der Waals surface area (Å²) in [7, 11) is 0. The lowest BCUT2D eigenvalue weighted by Crippen LogP contribution is -2.32. The van der Waals surface area contributed by atoms with E-state index in [9.17, 15) is 20.4 Å². The van der Waals surface area contributed by atoms with E-state index >= 15 is 0 Å². The van der Waals surface area contributed by atoms with E-state index < -0.39 is 5.41 Å². The second-order valence-electron chi connectivity index (χ2n) is 13.0. The molecule has 0 fully saturated rings. The Morgan fingerprint density at radius 1 is 0.481 bits per heavy atom. The van der Waals surface area contributed by atoms with Gasteiger partial charge < -0.3 is 35.4 Å². The van der Waals surface area contributed by atoms with Gasteiger partial charge in [0, 0.05) is 44.6 Å². The topological polar surface area (TPSA) is 141 Å². The van der Waals surface area contributed by atoms with Gasteiger partial charge in [-0.15, -0.1) is 0 Å². The van der Waals surface area contributed by atoms with Crippen molar-refractivity contribution >= 4 is 22.9 Å². The molecule has 0 aliphatic carbocycles. The Bertz CT molecular complexity index is 2710. The van der Waals surface area contributed by atoms with Crippen LogP contribution in [0.1, 0.15) is 45.0 Å². The molecule has 8 bridgehead atoms. The normalized spacial score (nSPS) is 17.8. The fraction of sp³-hybridized carbons (Fsp3) is 0.0227. The molecule has 0 saturated heterocycles. The minimum atomic E-state index is -1.06. The monoisotopic (exact) mass is 680 g/mol. The predicted octanol–water partition coefficient (Wildman–Crippen LogP) is 6.69. The molecule has 8 nitrogen and oxygen atoms in total. The lowest BCUT2D eigenvalue weighted by molar-refractivity contribution is 0.471. The summed E-state index contributed by atoms with van der Waals surface area (Å²) in [6, 6.07) is 40.6. The average Bonchev–Trinajstić information content (AvgIpc) is 3.96. The summed E-state index contributed by atoms with van der Waals surface area (Å²) in [6.45, 7) is 0. The quantitative estimate of drug-likeness (QED) is 0.111. The van der Waals surface area contributed by atoms with Crippen LogP contribution >= 0.6 is 0 Å². The van der Waals surface area contributed by atoms with Crippen LogP contribution in [0.3, 0.4) is 0 Å². The highest BCUT2D eigenvalue weighted by Crippen LogP contribution is 2.46. The van der Waals surface area contributed by atoms with Gasteiger partial charge >= 0.3 is 0 Å². The Kier molecular flexibility index (Phi) is 7.11. The number of aromatic hydroxyl groups is 4. The number of allylic oxidation sites excluding steroid dienone is 2. The number of aliphatic imine (C=N–C) groups is 1. The number of benzene rings is 4. The maximum Gasteiger partial charge on any atom is 0.116 e. The number of nitrogens with zero attached hydrogens (tertiary/aromatic N) is 1. The van der Waals surface area contributed by atoms with Gasteiger partial charge in [-0.1, -0.05) is 48.5 Å². The zero-order valence-corrected chi connectivity index (χ0v) is 27.7. The molecule has 9 rings (SSSR count). The van der Waals surface area contributed by atoms with Crippen LogP contribution in [0.15, 0.2) is 156 Å². The fourth-order valence-electron chi connectivity index (χ4n) is 7.55. The molecule has 7 N–H and O–H groups in total. The molecule has 2 aliphatic heterocycles. The third-order valence-corrected chi connectivity index (χ3v) is 9.75. The van der Waals surface area contributed by atoms with Crippen molar-refractivity contribution in [2.75, 3.05) is 0 Å². The number of hydrogen-bond donors (Lipinski definition) is 7. The number of fused-ring (bicyclic) bond motifs is 7. The van der Waals surface area contributed by atoms with Crippen LogP contribution in [-0.2, 0) is 5.41 Å². The second-order valence-corrected chi connectivity index (χ2v) is 13.0. The van der Waals surface area contributed by atoms with Gasteiger partial charge in [-0.05, 0) is 125 Å². The Hall–Kier alpha value is -7.19. The van der Waals surface area contributed by atoms with E-state index in [4.69, 9.17) is 4.99 Å². The van der Waals surface area contributed by atoms with Gasteiger partial charge in [0.05, 0.1) is 11.4 Å². The molecule has 5 heterocycles. The summed E-state index contributed by atoms with van der Waals surface area (Å²) in [5, 5.41) is 44.4. The molecule has 52 heavy (non-hydrogen) atoms. The van der Waals surface area contributed by atoms with Crippen molar-refractivity contribution in [3.8, 4) is 23.0 Å². The summed E-state index contributed by atoms with van der Waals surface area (Å²) < 4.78 is 0. The number of phenolic OH excluding ortho intramolecular Hbond substituents is 4. The van der Waals surface area contributed by atoms with Crippen molar-refractivity contribution in [2.45, 2.75) is 5.41 Å². The number of phenols is 4. The maximum atomic E-state index is 10.9. The van der Waals surface area contributed by atoms with Crippen molar-refractivity contribution < 1.29 is 20.4 Å². The van der Waals surface area contributed by atoms with Crippen LogP contribution in [0.2, 0.25) is 0 Å². The van der Waals surface area contributed by atoms with E-state index in [-0.39, 0.29) is 23.0 Å². The van der Waals surface area contributed by atoms with Crippen molar-refractivity contribution in [3.63, 3.8) is 0 Å². The Labute approximate surface area is 298 Å². The SMILES string of the molecule is Oc1cccc(/C2=c3\cc/c([nH]3)=C(\c3cccc(O)c3)c3ccc([nH]3)C(c3cccc(O)c3)(c3cccc(O)c3)c3ccc([nH]3)/C=C3/C=CC2=N3)c1. The molecule has 8 heteroatoms. The Balaban J connectivity index is 1.43. The Morgan fingerprint density at radius 3 is 1.67 bits per heavy atom. The second kappa shape index (κ2) is 12.0. The van der Waals surface area contributed by atoms with Crippen LogP contribution in [0.25, 0.3) is 17.2 Å². The lowest BCUT2D eigenvalue weighted by atomic mass is 9.69. The molecule has 0 saturated carbocycles. The summed E-state index contributed by atoms with van der Waals surface area (Å²) >= 11 is 0. The third-order valence-electron chi connectivity index (χ3n) is 9.75. The summed E-state index contributed by atoms with van der Waals surface area (Å²) in [6.07, 6.45) is 5.90. The Morgan fingerprint density at radius 2 is 1.04 bits per heavy atom. The van der Waals surface area contributed by atoms with E-state index in [0.717, 1.165) is 78.3 Å². The molecule has 0 atom stereocenters. The third kappa shape index (κ3) is 5.13. The van der Waals surface area contributed by atoms with E-state index in [1.54, 1.807) is 48.5 Å². The number of nitrogens with one attached hydrogen (secondary N) is 3. The first-order valence-corrected chi connectivity index (χ1v) is 16.8. The van der Waals surface area contributed by atoms with E-state index in [0.29, 0.717) is 0 Å². The highest BCUT2D eigenvalue weighted by Gasteiger charge is 2.42. The number of aromatic amines is 3. The molecule has 3 aromatic heterocycles. The number of hydrogen-bond acceptors (Lipinski definition) is 5. The zero-order valence-electron chi connectivity index (χ0n) is 27.7. The van der Waals surface area contributed by atoms with Gasteiger partial charge in [-0.3, -0.25) is 0 Å². The van der Waals surface area contributed by atoms with Gasteiger partial charge in [0.2, 0.25) is 0 Å². The predicted molar refractivity (Wildman–Crippen MR) is 202 cm³/mol. The molecular formula is C44H32N4O4. The summed E-state index contributed by atoms with van der Waals surface area (Å²) in [4.78, 5) is 16.1. The number of rotatable bonds is 4. The maximum absolute atomic E-state index is 10.9. The van der Waals surface area contributed by atoms with Crippen molar-refractivity contribution in [1.29, 1.82) is 0 Å². The van der Waals surface area contributed by atoms with Gasteiger partial charge in [0.25, 0.3) is 0 Å². The molecule has 4 aromatic carbocycles. The van der Waals surface area contributed by atoms with Crippen LogP contribution in [0, 0.1) is 0 Å². The number of H-pyrrole nitrogens is 3. The van der Waals surface area contributed by atoms with Gasteiger partial charge in [0.15, 0.2) is 0 Å². The van der Waals surface area contributed by atoms with Gasteiger partial charge in [-0.25, -0.2) is 4.99 Å². The zero-order chi connectivity index (χ0) is 35.4. The highest BCUT2D eigenvalue weighted by atomic mass is 16.3. The van der Waals surface area contributed by atoms with Crippen molar-refractivity contribution in [1.82, 2.24) is 15.0 Å². The smallest absolute Gasteiger partial charge is 0.116 e. The van der Waals surface area contributed by atoms with Crippen molar-refractivity contribution in [3.05, 3.63) is 207 Å². The first-order chi connectivity index (χ1) is 25.3. The largest absolute Gasteiger partial charge is 0.508 e. The standard InChI is InChI=1S/C44H32N4O4/c49-32-9-1-5-26(21-32)42-36-15-13-30(45-36)25-31-14-19-40(46-31)44(28-7-3-11-34(51)23-28,29-8-4-12-35(52)24-29)41-20-18-39(48-41)43(38-17-16-37(42)47-38)27-6-2-10-33(50)22-27/h1-25,46-52H/b30-25-,42-37-,43-38-. The fourth-order valence-corrected chi connectivity index (χ4v) is 7.55. The molecule has 0 unspecified atom stereocenters. The molecule has 0 spiro atoms. The highest BCUT2D eigenvalue weighted by molar-refractivity contribution is 6.30. The van der Waals surface area contributed by atoms with Gasteiger partial charge in [-0.2, -0.15) is 0 Å².